The number of nitrogens with zero attached hydrogens (tertiary/aromatic N) is 1. The second kappa shape index (κ2) is 6.67. The fourth-order valence-corrected chi connectivity index (χ4v) is 2.70. The van der Waals surface area contributed by atoms with Crippen molar-refractivity contribution < 1.29 is 9.53 Å². The smallest absolute Gasteiger partial charge is 0.309 e. The Bertz CT molecular complexity index is 508. The van der Waals surface area contributed by atoms with Gasteiger partial charge in [0.25, 0.3) is 0 Å². The molecule has 0 aromatic heterocycles. The number of ether oxygens (including phenoxy) is 1. The van der Waals surface area contributed by atoms with E-state index in [1.807, 2.05) is 45.0 Å². The minimum Gasteiger partial charge on any atom is -0.460 e. The third-order valence-corrected chi connectivity index (χ3v) is 3.87. The van der Waals surface area contributed by atoms with Crippen LogP contribution in [0, 0.1) is 5.92 Å². The van der Waals surface area contributed by atoms with Crippen molar-refractivity contribution in [2.45, 2.75) is 51.9 Å². The van der Waals surface area contributed by atoms with E-state index < -0.39 is 5.60 Å². The fourth-order valence-electron chi connectivity index (χ4n) is 2.70. The molecule has 0 aliphatic carbocycles. The molecule has 2 rings (SSSR count). The Labute approximate surface area is 132 Å². The Kier molecular flexibility index (Phi) is 5.08. The largest absolute Gasteiger partial charge is 0.460 e. The number of anilines is 1. The van der Waals surface area contributed by atoms with Crippen molar-refractivity contribution >= 4 is 11.7 Å². The van der Waals surface area contributed by atoms with Crippen LogP contribution < -0.4 is 11.5 Å². The number of likely N-dealkylation sites (tertiary alicyclic amines) is 1. The van der Waals surface area contributed by atoms with Crippen molar-refractivity contribution in [2.75, 3.05) is 12.3 Å². The summed E-state index contributed by atoms with van der Waals surface area (Å²) in [6.07, 6.45) is 1.31. The molecular weight excluding hydrogens is 278 g/mol. The first-order valence-corrected chi connectivity index (χ1v) is 7.81. The van der Waals surface area contributed by atoms with Crippen molar-refractivity contribution in [2.24, 2.45) is 11.7 Å². The van der Waals surface area contributed by atoms with Gasteiger partial charge in [0, 0.05) is 18.8 Å². The number of piperidine rings is 1. The van der Waals surface area contributed by atoms with Crippen LogP contribution >= 0.6 is 0 Å². The van der Waals surface area contributed by atoms with Crippen molar-refractivity contribution in [3.63, 3.8) is 0 Å². The van der Waals surface area contributed by atoms with Crippen LogP contribution in [0.2, 0.25) is 0 Å². The van der Waals surface area contributed by atoms with Gasteiger partial charge in [-0.25, -0.2) is 0 Å². The Morgan fingerprint density at radius 2 is 1.95 bits per heavy atom. The SMILES string of the molecule is CC(C)(C)OC(=O)C1CCN(Cc2ccc(N)cc2)C(N)C1. The Morgan fingerprint density at radius 3 is 2.50 bits per heavy atom. The van der Waals surface area contributed by atoms with Crippen molar-refractivity contribution in [1.82, 2.24) is 4.90 Å². The van der Waals surface area contributed by atoms with Crippen LogP contribution in [0.25, 0.3) is 0 Å². The van der Waals surface area contributed by atoms with Gasteiger partial charge >= 0.3 is 5.97 Å². The van der Waals surface area contributed by atoms with Gasteiger partial charge in [0.15, 0.2) is 0 Å². The van der Waals surface area contributed by atoms with E-state index >= 15 is 0 Å². The van der Waals surface area contributed by atoms with Crippen molar-refractivity contribution in [1.29, 1.82) is 0 Å². The summed E-state index contributed by atoms with van der Waals surface area (Å²) in [6.45, 7) is 7.25. The predicted octanol–water partition coefficient (Wildman–Crippen LogP) is 2.11. The maximum atomic E-state index is 12.2. The summed E-state index contributed by atoms with van der Waals surface area (Å²) in [5, 5.41) is 0. The van der Waals surface area contributed by atoms with Gasteiger partial charge in [-0.1, -0.05) is 12.1 Å². The normalized spacial score (nSPS) is 23.3. The molecule has 1 fully saturated rings. The highest BCUT2D eigenvalue weighted by atomic mass is 16.6. The zero-order valence-corrected chi connectivity index (χ0v) is 13.7. The Morgan fingerprint density at radius 1 is 1.32 bits per heavy atom. The molecule has 1 aromatic rings. The summed E-state index contributed by atoms with van der Waals surface area (Å²) < 4.78 is 5.47. The number of hydrogen-bond donors (Lipinski definition) is 2. The second-order valence-electron chi connectivity index (χ2n) is 7.03. The topological polar surface area (TPSA) is 81.6 Å². The number of benzene rings is 1. The van der Waals surface area contributed by atoms with Gasteiger partial charge in [-0.3, -0.25) is 9.69 Å². The minimum atomic E-state index is -0.442. The summed E-state index contributed by atoms with van der Waals surface area (Å²) in [5.74, 6) is -0.230. The van der Waals surface area contributed by atoms with E-state index in [1.54, 1.807) is 0 Å². The van der Waals surface area contributed by atoms with Crippen LogP contribution in [0.4, 0.5) is 5.69 Å². The van der Waals surface area contributed by atoms with Crippen LogP contribution in [-0.4, -0.2) is 29.2 Å². The number of hydrogen-bond acceptors (Lipinski definition) is 5. The molecule has 1 saturated heterocycles. The highest BCUT2D eigenvalue weighted by Gasteiger charge is 2.32. The van der Waals surface area contributed by atoms with E-state index in [0.717, 1.165) is 25.2 Å². The van der Waals surface area contributed by atoms with E-state index in [4.69, 9.17) is 16.2 Å². The van der Waals surface area contributed by atoms with Crippen LogP contribution in [0.15, 0.2) is 24.3 Å². The molecule has 122 valence electrons. The highest BCUT2D eigenvalue weighted by molar-refractivity contribution is 5.73. The molecule has 2 unspecified atom stereocenters. The van der Waals surface area contributed by atoms with Crippen molar-refractivity contribution in [3.8, 4) is 0 Å². The summed E-state index contributed by atoms with van der Waals surface area (Å²) in [6, 6.07) is 7.83. The molecule has 0 amide bonds. The zero-order chi connectivity index (χ0) is 16.3. The molecule has 5 nitrogen and oxygen atoms in total. The summed E-state index contributed by atoms with van der Waals surface area (Å²) in [5.41, 5.74) is 13.4. The standard InChI is InChI=1S/C17H27N3O2/c1-17(2,3)22-16(21)13-8-9-20(15(19)10-13)11-12-4-6-14(18)7-5-12/h4-7,13,15H,8-11,18-19H2,1-3H3. The van der Waals surface area contributed by atoms with E-state index in [1.165, 1.54) is 5.56 Å². The third kappa shape index (κ3) is 4.71. The first-order valence-electron chi connectivity index (χ1n) is 7.81. The molecule has 0 saturated carbocycles. The molecule has 1 aromatic carbocycles. The third-order valence-electron chi connectivity index (χ3n) is 3.87. The van der Waals surface area contributed by atoms with Crippen LogP contribution in [0.3, 0.4) is 0 Å². The molecule has 5 heteroatoms. The van der Waals surface area contributed by atoms with E-state index in [0.29, 0.717) is 6.42 Å². The van der Waals surface area contributed by atoms with Gasteiger partial charge in [-0.15, -0.1) is 0 Å². The van der Waals surface area contributed by atoms with E-state index in [9.17, 15) is 4.79 Å². The summed E-state index contributed by atoms with van der Waals surface area (Å²) in [7, 11) is 0. The second-order valence-corrected chi connectivity index (χ2v) is 7.03. The Balaban J connectivity index is 1.90. The number of carbonyl (C=O) groups is 1. The lowest BCUT2D eigenvalue weighted by Gasteiger charge is -2.37. The minimum absolute atomic E-state index is 0.100. The molecule has 1 aliphatic heterocycles. The van der Waals surface area contributed by atoms with E-state index in [2.05, 4.69) is 4.90 Å². The first-order chi connectivity index (χ1) is 10.2. The van der Waals surface area contributed by atoms with Gasteiger partial charge in [0.2, 0.25) is 0 Å². The number of esters is 1. The Hall–Kier alpha value is -1.59. The quantitative estimate of drug-likeness (QED) is 0.660. The van der Waals surface area contributed by atoms with Gasteiger partial charge in [-0.2, -0.15) is 0 Å². The maximum absolute atomic E-state index is 12.2. The number of nitrogens with two attached hydrogens (primary N) is 2. The lowest BCUT2D eigenvalue weighted by atomic mass is 9.94. The maximum Gasteiger partial charge on any atom is 0.309 e. The van der Waals surface area contributed by atoms with Gasteiger partial charge in [0.05, 0.1) is 12.1 Å². The average Bonchev–Trinajstić information content (AvgIpc) is 2.41. The average molecular weight is 305 g/mol. The lowest BCUT2D eigenvalue weighted by Crippen LogP contribution is -2.49. The zero-order valence-electron chi connectivity index (χ0n) is 13.7. The van der Waals surface area contributed by atoms with Gasteiger partial charge in [0.1, 0.15) is 5.60 Å². The monoisotopic (exact) mass is 305 g/mol. The number of nitrogen functional groups attached to an aromatic ring is 1. The van der Waals surface area contributed by atoms with E-state index in [-0.39, 0.29) is 18.1 Å². The molecule has 0 radical (unpaired) electrons. The molecule has 0 spiro atoms. The number of rotatable bonds is 3. The lowest BCUT2D eigenvalue weighted by molar-refractivity contribution is -0.162. The van der Waals surface area contributed by atoms with Gasteiger partial charge < -0.3 is 16.2 Å². The predicted molar refractivity (Wildman–Crippen MR) is 87.8 cm³/mol. The molecule has 1 aliphatic rings. The first kappa shape index (κ1) is 16.8. The molecule has 22 heavy (non-hydrogen) atoms. The molecular formula is C17H27N3O2. The van der Waals surface area contributed by atoms with Crippen molar-refractivity contribution in [3.05, 3.63) is 29.8 Å². The van der Waals surface area contributed by atoms with Gasteiger partial charge in [-0.05, 0) is 51.3 Å². The molecule has 0 bridgehead atoms. The fraction of sp³-hybridized carbons (Fsp3) is 0.588. The molecule has 2 atom stereocenters. The molecule has 1 heterocycles. The number of carbonyl (C=O) groups excluding carboxylic acids is 1. The molecule has 4 N–H and O–H groups in total. The van der Waals surface area contributed by atoms with Crippen LogP contribution in [-0.2, 0) is 16.1 Å². The summed E-state index contributed by atoms with van der Waals surface area (Å²) >= 11 is 0. The highest BCUT2D eigenvalue weighted by Crippen LogP contribution is 2.25. The van der Waals surface area contributed by atoms with Crippen LogP contribution in [0.5, 0.6) is 0 Å². The van der Waals surface area contributed by atoms with Crippen LogP contribution in [0.1, 0.15) is 39.2 Å². The summed E-state index contributed by atoms with van der Waals surface area (Å²) in [4.78, 5) is 14.4.